The molecule has 0 aromatic heterocycles. The molecule has 1 aromatic rings. The predicted molar refractivity (Wildman–Crippen MR) is 76.6 cm³/mol. The van der Waals surface area contributed by atoms with Gasteiger partial charge in [0.1, 0.15) is 13.2 Å². The Bertz CT molecular complexity index is 535. The summed E-state index contributed by atoms with van der Waals surface area (Å²) in [7, 11) is 0. The molecule has 1 fully saturated rings. The van der Waals surface area contributed by atoms with Crippen LogP contribution < -0.4 is 20.1 Å². The topological polar surface area (TPSA) is 59.6 Å². The molecule has 1 saturated heterocycles. The van der Waals surface area contributed by atoms with E-state index in [2.05, 4.69) is 17.6 Å². The standard InChI is InChI=1S/C14H17ClN2O3/c1-8-6-16-7-9(8)14(18)17-11-5-13-12(4-10(11)15)19-2-3-20-13/h4-5,8-9,16H,2-3,6-7H2,1H3,(H,17,18). The molecule has 6 heteroatoms. The van der Waals surface area contributed by atoms with Gasteiger partial charge in [0.25, 0.3) is 0 Å². The van der Waals surface area contributed by atoms with Gasteiger partial charge in [0.15, 0.2) is 11.5 Å². The van der Waals surface area contributed by atoms with Crippen LogP contribution in [-0.4, -0.2) is 32.2 Å². The maximum atomic E-state index is 12.3. The highest BCUT2D eigenvalue weighted by molar-refractivity contribution is 6.34. The minimum absolute atomic E-state index is 0.0129. The summed E-state index contributed by atoms with van der Waals surface area (Å²) in [5.74, 6) is 1.52. The fourth-order valence-corrected chi connectivity index (χ4v) is 2.75. The maximum absolute atomic E-state index is 12.3. The van der Waals surface area contributed by atoms with Crippen molar-refractivity contribution in [3.8, 4) is 11.5 Å². The molecule has 0 aliphatic carbocycles. The van der Waals surface area contributed by atoms with E-state index < -0.39 is 0 Å². The number of nitrogens with one attached hydrogen (secondary N) is 2. The Balaban J connectivity index is 1.78. The average molecular weight is 297 g/mol. The third kappa shape index (κ3) is 2.55. The van der Waals surface area contributed by atoms with Crippen LogP contribution in [0.2, 0.25) is 5.02 Å². The van der Waals surface area contributed by atoms with Gasteiger partial charge in [-0.2, -0.15) is 0 Å². The first-order valence-corrected chi connectivity index (χ1v) is 7.13. The van der Waals surface area contributed by atoms with Crippen molar-refractivity contribution in [2.45, 2.75) is 6.92 Å². The zero-order chi connectivity index (χ0) is 14.1. The third-order valence-electron chi connectivity index (χ3n) is 3.74. The lowest BCUT2D eigenvalue weighted by atomic mass is 9.97. The van der Waals surface area contributed by atoms with Crippen LogP contribution in [0.1, 0.15) is 6.92 Å². The Morgan fingerprint density at radius 3 is 2.65 bits per heavy atom. The van der Waals surface area contributed by atoms with Crippen molar-refractivity contribution in [1.29, 1.82) is 0 Å². The van der Waals surface area contributed by atoms with Crippen LogP contribution in [0.4, 0.5) is 5.69 Å². The summed E-state index contributed by atoms with van der Waals surface area (Å²) in [6.07, 6.45) is 0. The number of anilines is 1. The van der Waals surface area contributed by atoms with Gasteiger partial charge in [-0.3, -0.25) is 4.79 Å². The van der Waals surface area contributed by atoms with Crippen LogP contribution >= 0.6 is 11.6 Å². The summed E-state index contributed by atoms with van der Waals surface area (Å²) in [4.78, 5) is 12.3. The molecular weight excluding hydrogens is 280 g/mol. The number of halogens is 1. The van der Waals surface area contributed by atoms with Crippen molar-refractivity contribution in [2.75, 3.05) is 31.6 Å². The second-order valence-corrected chi connectivity index (χ2v) is 5.61. The summed E-state index contributed by atoms with van der Waals surface area (Å²) in [6, 6.07) is 3.41. The number of fused-ring (bicyclic) bond motifs is 1. The SMILES string of the molecule is CC1CNCC1C(=O)Nc1cc2c(cc1Cl)OCCO2. The quantitative estimate of drug-likeness (QED) is 0.875. The lowest BCUT2D eigenvalue weighted by Crippen LogP contribution is -2.28. The van der Waals surface area contributed by atoms with Gasteiger partial charge in [0, 0.05) is 18.7 Å². The molecule has 108 valence electrons. The molecule has 1 aromatic carbocycles. The number of carbonyl (C=O) groups is 1. The smallest absolute Gasteiger partial charge is 0.229 e. The molecule has 1 amide bonds. The number of carbonyl (C=O) groups excluding carboxylic acids is 1. The monoisotopic (exact) mass is 296 g/mol. The fraction of sp³-hybridized carbons (Fsp3) is 0.500. The van der Waals surface area contributed by atoms with Crippen molar-refractivity contribution < 1.29 is 14.3 Å². The second-order valence-electron chi connectivity index (χ2n) is 5.21. The molecule has 2 heterocycles. The third-order valence-corrected chi connectivity index (χ3v) is 4.06. The number of ether oxygens (including phenoxy) is 2. The zero-order valence-corrected chi connectivity index (χ0v) is 12.0. The van der Waals surface area contributed by atoms with Crippen molar-refractivity contribution in [1.82, 2.24) is 5.32 Å². The molecule has 2 N–H and O–H groups in total. The van der Waals surface area contributed by atoms with E-state index in [1.54, 1.807) is 12.1 Å². The van der Waals surface area contributed by atoms with Crippen LogP contribution in [0, 0.1) is 11.8 Å². The highest BCUT2D eigenvalue weighted by atomic mass is 35.5. The van der Waals surface area contributed by atoms with Gasteiger partial charge >= 0.3 is 0 Å². The number of amides is 1. The van der Waals surface area contributed by atoms with E-state index in [-0.39, 0.29) is 11.8 Å². The summed E-state index contributed by atoms with van der Waals surface area (Å²) in [5, 5.41) is 6.56. The Morgan fingerprint density at radius 2 is 2.00 bits per heavy atom. The lowest BCUT2D eigenvalue weighted by Gasteiger charge is -2.21. The summed E-state index contributed by atoms with van der Waals surface area (Å²) in [6.45, 7) is 4.66. The maximum Gasteiger partial charge on any atom is 0.229 e. The molecule has 0 radical (unpaired) electrons. The van der Waals surface area contributed by atoms with Crippen LogP contribution in [0.3, 0.4) is 0 Å². The van der Waals surface area contributed by atoms with Crippen LogP contribution in [0.5, 0.6) is 11.5 Å². The minimum Gasteiger partial charge on any atom is -0.486 e. The van der Waals surface area contributed by atoms with E-state index in [9.17, 15) is 4.79 Å². The van der Waals surface area contributed by atoms with Gasteiger partial charge in [-0.05, 0) is 12.5 Å². The minimum atomic E-state index is -0.0285. The molecule has 20 heavy (non-hydrogen) atoms. The zero-order valence-electron chi connectivity index (χ0n) is 11.2. The number of hydrogen-bond donors (Lipinski definition) is 2. The molecule has 2 aliphatic heterocycles. The summed E-state index contributed by atoms with van der Waals surface area (Å²) >= 11 is 6.18. The molecule has 0 bridgehead atoms. The van der Waals surface area contributed by atoms with Crippen molar-refractivity contribution in [2.24, 2.45) is 11.8 Å². The number of rotatable bonds is 2. The fourth-order valence-electron chi connectivity index (χ4n) is 2.55. The van der Waals surface area contributed by atoms with Crippen molar-refractivity contribution in [3.05, 3.63) is 17.2 Å². The van der Waals surface area contributed by atoms with Gasteiger partial charge in [-0.15, -0.1) is 0 Å². The number of benzene rings is 1. The summed E-state index contributed by atoms with van der Waals surface area (Å²) in [5.41, 5.74) is 0.569. The van der Waals surface area contributed by atoms with E-state index in [0.29, 0.717) is 47.9 Å². The van der Waals surface area contributed by atoms with Crippen LogP contribution in [0.15, 0.2) is 12.1 Å². The van der Waals surface area contributed by atoms with Crippen LogP contribution in [0.25, 0.3) is 0 Å². The average Bonchev–Trinajstić information content (AvgIpc) is 2.86. The molecule has 2 atom stereocenters. The Labute approximate surface area is 122 Å². The van der Waals surface area contributed by atoms with Crippen LogP contribution in [-0.2, 0) is 4.79 Å². The van der Waals surface area contributed by atoms with Gasteiger partial charge < -0.3 is 20.1 Å². The van der Waals surface area contributed by atoms with Gasteiger partial charge in [0.05, 0.1) is 16.6 Å². The molecule has 0 saturated carbocycles. The van der Waals surface area contributed by atoms with Crippen molar-refractivity contribution >= 4 is 23.2 Å². The van der Waals surface area contributed by atoms with E-state index in [1.807, 2.05) is 0 Å². The molecular formula is C14H17ClN2O3. The lowest BCUT2D eigenvalue weighted by molar-refractivity contribution is -0.120. The van der Waals surface area contributed by atoms with E-state index in [0.717, 1.165) is 6.54 Å². The Hall–Kier alpha value is -1.46. The Morgan fingerprint density at radius 1 is 1.30 bits per heavy atom. The molecule has 0 spiro atoms. The first-order valence-electron chi connectivity index (χ1n) is 6.76. The Kier molecular flexibility index (Phi) is 3.72. The molecule has 2 aliphatic rings. The molecule has 3 rings (SSSR count). The van der Waals surface area contributed by atoms with E-state index in [4.69, 9.17) is 21.1 Å². The molecule has 5 nitrogen and oxygen atoms in total. The van der Waals surface area contributed by atoms with E-state index in [1.165, 1.54) is 0 Å². The highest BCUT2D eigenvalue weighted by Gasteiger charge is 2.30. The van der Waals surface area contributed by atoms with E-state index >= 15 is 0 Å². The van der Waals surface area contributed by atoms with Crippen molar-refractivity contribution in [3.63, 3.8) is 0 Å². The van der Waals surface area contributed by atoms with Gasteiger partial charge in [-0.25, -0.2) is 0 Å². The largest absolute Gasteiger partial charge is 0.486 e. The number of hydrogen-bond acceptors (Lipinski definition) is 4. The first kappa shape index (κ1) is 13.5. The normalized spacial score (nSPS) is 24.5. The van der Waals surface area contributed by atoms with Gasteiger partial charge in [0.2, 0.25) is 5.91 Å². The first-order chi connectivity index (χ1) is 9.65. The highest BCUT2D eigenvalue weighted by Crippen LogP contribution is 2.38. The predicted octanol–water partition coefficient (Wildman–Crippen LogP) is 1.91. The molecule has 2 unspecified atom stereocenters. The van der Waals surface area contributed by atoms with Gasteiger partial charge in [-0.1, -0.05) is 18.5 Å². The second kappa shape index (κ2) is 5.50. The summed E-state index contributed by atoms with van der Waals surface area (Å²) < 4.78 is 10.9.